The molecular weight excluding hydrogens is 210 g/mol. The first-order chi connectivity index (χ1) is 8.43. The SMILES string of the molecule is C1=CNc2ccc(-c3ccccn3)cc2C=N1. The van der Waals surface area contributed by atoms with E-state index in [4.69, 9.17) is 0 Å². The van der Waals surface area contributed by atoms with Crippen molar-refractivity contribution in [1.82, 2.24) is 4.98 Å². The summed E-state index contributed by atoms with van der Waals surface area (Å²) in [7, 11) is 0. The molecule has 0 unspecified atom stereocenters. The van der Waals surface area contributed by atoms with Gasteiger partial charge in [-0.2, -0.15) is 0 Å². The monoisotopic (exact) mass is 221 g/mol. The Morgan fingerprint density at radius 2 is 2.06 bits per heavy atom. The van der Waals surface area contributed by atoms with Gasteiger partial charge in [0.25, 0.3) is 0 Å². The first-order valence-corrected chi connectivity index (χ1v) is 5.44. The number of anilines is 1. The highest BCUT2D eigenvalue weighted by Crippen LogP contribution is 2.23. The van der Waals surface area contributed by atoms with Crippen LogP contribution in [0.4, 0.5) is 5.69 Å². The summed E-state index contributed by atoms with van der Waals surface area (Å²) in [5.41, 5.74) is 4.20. The molecule has 3 heteroatoms. The molecule has 1 aliphatic rings. The minimum absolute atomic E-state index is 0.973. The quantitative estimate of drug-likeness (QED) is 0.803. The van der Waals surface area contributed by atoms with E-state index in [1.165, 1.54) is 0 Å². The standard InChI is InChI=1S/C14H11N3/c1-2-6-16-13(3-1)11-4-5-14-12(9-11)10-15-7-8-17-14/h1-10,17H. The molecule has 2 heterocycles. The predicted octanol–water partition coefficient (Wildman–Crippen LogP) is 3.06. The third-order valence-corrected chi connectivity index (χ3v) is 2.63. The lowest BCUT2D eigenvalue weighted by molar-refractivity contribution is 1.33. The van der Waals surface area contributed by atoms with Gasteiger partial charge in [0, 0.05) is 41.6 Å². The fourth-order valence-corrected chi connectivity index (χ4v) is 1.79. The van der Waals surface area contributed by atoms with Crippen molar-refractivity contribution in [1.29, 1.82) is 0 Å². The normalized spacial score (nSPS) is 12.7. The van der Waals surface area contributed by atoms with Gasteiger partial charge in [-0.3, -0.25) is 9.98 Å². The molecule has 17 heavy (non-hydrogen) atoms. The van der Waals surface area contributed by atoms with Crippen molar-refractivity contribution in [2.75, 3.05) is 5.32 Å². The number of aliphatic imine (C=N–C) groups is 1. The molecule has 0 spiro atoms. The summed E-state index contributed by atoms with van der Waals surface area (Å²) in [6.45, 7) is 0. The van der Waals surface area contributed by atoms with Crippen molar-refractivity contribution >= 4 is 11.9 Å². The third kappa shape index (κ3) is 1.95. The summed E-state index contributed by atoms with van der Waals surface area (Å²) in [4.78, 5) is 8.50. The molecule has 3 rings (SSSR count). The van der Waals surface area contributed by atoms with E-state index in [0.717, 1.165) is 22.5 Å². The fraction of sp³-hybridized carbons (Fsp3) is 0. The number of nitrogens with one attached hydrogen (secondary N) is 1. The summed E-state index contributed by atoms with van der Waals surface area (Å²) in [6.07, 6.45) is 7.20. The van der Waals surface area contributed by atoms with E-state index in [1.54, 1.807) is 12.4 Å². The number of hydrogen-bond acceptors (Lipinski definition) is 3. The molecule has 3 nitrogen and oxygen atoms in total. The number of aromatic nitrogens is 1. The average molecular weight is 221 g/mol. The second-order valence-electron chi connectivity index (χ2n) is 3.76. The lowest BCUT2D eigenvalue weighted by Crippen LogP contribution is -1.93. The molecular formula is C14H11N3. The molecule has 1 N–H and O–H groups in total. The Morgan fingerprint density at radius 1 is 1.06 bits per heavy atom. The summed E-state index contributed by atoms with van der Waals surface area (Å²) in [6, 6.07) is 12.1. The van der Waals surface area contributed by atoms with Crippen LogP contribution in [0.15, 0.2) is 60.0 Å². The zero-order valence-electron chi connectivity index (χ0n) is 9.17. The van der Waals surface area contributed by atoms with E-state index >= 15 is 0 Å². The van der Waals surface area contributed by atoms with E-state index in [2.05, 4.69) is 27.4 Å². The van der Waals surface area contributed by atoms with Crippen molar-refractivity contribution in [2.24, 2.45) is 4.99 Å². The van der Waals surface area contributed by atoms with E-state index in [0.29, 0.717) is 0 Å². The van der Waals surface area contributed by atoms with Crippen LogP contribution in [-0.4, -0.2) is 11.2 Å². The van der Waals surface area contributed by atoms with E-state index in [9.17, 15) is 0 Å². The van der Waals surface area contributed by atoms with Crippen LogP contribution in [0.5, 0.6) is 0 Å². The average Bonchev–Trinajstić information content (AvgIpc) is 2.64. The van der Waals surface area contributed by atoms with Gasteiger partial charge >= 0.3 is 0 Å². The molecule has 0 saturated heterocycles. The Hall–Kier alpha value is -2.42. The maximum atomic E-state index is 4.34. The number of nitrogens with zero attached hydrogens (tertiary/aromatic N) is 2. The van der Waals surface area contributed by atoms with Gasteiger partial charge in [-0.1, -0.05) is 12.1 Å². The van der Waals surface area contributed by atoms with E-state index < -0.39 is 0 Å². The van der Waals surface area contributed by atoms with Crippen LogP contribution in [-0.2, 0) is 0 Å². The third-order valence-electron chi connectivity index (χ3n) is 2.63. The smallest absolute Gasteiger partial charge is 0.0702 e. The highest BCUT2D eigenvalue weighted by Gasteiger charge is 2.04. The van der Waals surface area contributed by atoms with Gasteiger partial charge in [0.2, 0.25) is 0 Å². The first-order valence-electron chi connectivity index (χ1n) is 5.44. The van der Waals surface area contributed by atoms with Gasteiger partial charge in [0.15, 0.2) is 0 Å². The van der Waals surface area contributed by atoms with Crippen molar-refractivity contribution < 1.29 is 0 Å². The number of hydrogen-bond donors (Lipinski definition) is 1. The Labute approximate surface area is 99.6 Å². The zero-order valence-corrected chi connectivity index (χ0v) is 9.17. The van der Waals surface area contributed by atoms with Crippen LogP contribution < -0.4 is 5.32 Å². The van der Waals surface area contributed by atoms with Crippen molar-refractivity contribution in [3.8, 4) is 11.3 Å². The highest BCUT2D eigenvalue weighted by molar-refractivity contribution is 5.91. The largest absolute Gasteiger partial charge is 0.360 e. The van der Waals surface area contributed by atoms with E-state index in [1.807, 2.05) is 36.7 Å². The minimum Gasteiger partial charge on any atom is -0.360 e. The molecule has 0 radical (unpaired) electrons. The minimum atomic E-state index is 0.973. The van der Waals surface area contributed by atoms with E-state index in [-0.39, 0.29) is 0 Å². The predicted molar refractivity (Wildman–Crippen MR) is 70.0 cm³/mol. The lowest BCUT2D eigenvalue weighted by Gasteiger charge is -2.06. The second kappa shape index (κ2) is 4.22. The molecule has 0 atom stereocenters. The summed E-state index contributed by atoms with van der Waals surface area (Å²) in [5.74, 6) is 0. The van der Waals surface area contributed by atoms with Gasteiger partial charge < -0.3 is 5.32 Å². The van der Waals surface area contributed by atoms with Crippen molar-refractivity contribution in [2.45, 2.75) is 0 Å². The molecule has 82 valence electrons. The van der Waals surface area contributed by atoms with Gasteiger partial charge in [-0.25, -0.2) is 0 Å². The molecule has 0 bridgehead atoms. The van der Waals surface area contributed by atoms with Gasteiger partial charge in [-0.15, -0.1) is 0 Å². The first kappa shape index (κ1) is 9.78. The summed E-state index contributed by atoms with van der Waals surface area (Å²) in [5, 5.41) is 3.18. The fourth-order valence-electron chi connectivity index (χ4n) is 1.79. The number of fused-ring (bicyclic) bond motifs is 1. The summed E-state index contributed by atoms with van der Waals surface area (Å²) < 4.78 is 0. The molecule has 1 aliphatic heterocycles. The molecule has 0 fully saturated rings. The van der Waals surface area contributed by atoms with Crippen LogP contribution in [0.25, 0.3) is 11.3 Å². The Balaban J connectivity index is 2.07. The lowest BCUT2D eigenvalue weighted by atomic mass is 10.1. The van der Waals surface area contributed by atoms with Crippen LogP contribution in [0.3, 0.4) is 0 Å². The molecule has 0 saturated carbocycles. The topological polar surface area (TPSA) is 37.3 Å². The number of pyridine rings is 1. The van der Waals surface area contributed by atoms with Gasteiger partial charge in [0.05, 0.1) is 5.69 Å². The van der Waals surface area contributed by atoms with Gasteiger partial charge in [0.1, 0.15) is 0 Å². The highest BCUT2D eigenvalue weighted by atomic mass is 14.9. The zero-order chi connectivity index (χ0) is 11.5. The molecule has 2 aromatic rings. The molecule has 1 aromatic carbocycles. The van der Waals surface area contributed by atoms with Gasteiger partial charge in [-0.05, 0) is 24.3 Å². The molecule has 0 amide bonds. The van der Waals surface area contributed by atoms with Crippen molar-refractivity contribution in [3.05, 3.63) is 60.6 Å². The van der Waals surface area contributed by atoms with Crippen molar-refractivity contribution in [3.63, 3.8) is 0 Å². The van der Waals surface area contributed by atoms with Crippen LogP contribution in [0, 0.1) is 0 Å². The molecule has 0 aliphatic carbocycles. The Bertz CT molecular complexity index is 586. The number of benzene rings is 1. The maximum absolute atomic E-state index is 4.34. The second-order valence-corrected chi connectivity index (χ2v) is 3.76. The molecule has 1 aromatic heterocycles. The Morgan fingerprint density at radius 3 is 2.94 bits per heavy atom. The summed E-state index contributed by atoms with van der Waals surface area (Å²) >= 11 is 0. The van der Waals surface area contributed by atoms with Crippen LogP contribution in [0.1, 0.15) is 5.56 Å². The number of rotatable bonds is 1. The van der Waals surface area contributed by atoms with Crippen LogP contribution >= 0.6 is 0 Å². The maximum Gasteiger partial charge on any atom is 0.0702 e. The Kier molecular flexibility index (Phi) is 2.43. The van der Waals surface area contributed by atoms with Crippen LogP contribution in [0.2, 0.25) is 0 Å².